The zero-order valence-electron chi connectivity index (χ0n) is 19.2. The number of benzene rings is 1. The largest absolute Gasteiger partial charge is 0.493 e. The van der Waals surface area contributed by atoms with Gasteiger partial charge in [-0.3, -0.25) is 4.79 Å². The summed E-state index contributed by atoms with van der Waals surface area (Å²) in [6, 6.07) is 3.22. The van der Waals surface area contributed by atoms with Gasteiger partial charge in [0.2, 0.25) is 15.8 Å². The van der Waals surface area contributed by atoms with Gasteiger partial charge in [0.25, 0.3) is 5.91 Å². The number of methoxy groups -OCH3 is 3. The molecule has 1 saturated heterocycles. The number of nitrogens with zero attached hydrogens (tertiary/aromatic N) is 1. The maximum atomic E-state index is 13.3. The molecule has 1 amide bonds. The molecule has 10 heteroatoms. The normalized spacial score (nSPS) is 15.2. The number of aryl methyl sites for hydroxylation is 1. The molecule has 1 fully saturated rings. The minimum Gasteiger partial charge on any atom is -0.493 e. The van der Waals surface area contributed by atoms with E-state index in [0.717, 1.165) is 25.7 Å². The van der Waals surface area contributed by atoms with Crippen LogP contribution in [0.2, 0.25) is 0 Å². The molecule has 0 spiro atoms. The summed E-state index contributed by atoms with van der Waals surface area (Å²) in [6.07, 6.45) is 3.74. The van der Waals surface area contributed by atoms with E-state index < -0.39 is 15.9 Å². The number of aromatic amines is 1. The fourth-order valence-corrected chi connectivity index (χ4v) is 6.03. The summed E-state index contributed by atoms with van der Waals surface area (Å²) in [6.45, 7) is 4.32. The van der Waals surface area contributed by atoms with Gasteiger partial charge in [0.1, 0.15) is 10.6 Å². The second kappa shape index (κ2) is 9.83. The predicted octanol–water partition coefficient (Wildman–Crippen LogP) is 3.47. The van der Waals surface area contributed by atoms with Crippen molar-refractivity contribution in [3.8, 4) is 17.2 Å². The average molecular weight is 466 g/mol. The lowest BCUT2D eigenvalue weighted by atomic mass is 10.2. The molecular formula is C22H31N3O6S. The van der Waals surface area contributed by atoms with Crippen LogP contribution in [0.15, 0.2) is 17.0 Å². The zero-order chi connectivity index (χ0) is 23.5. The highest BCUT2D eigenvalue weighted by Crippen LogP contribution is 2.40. The number of rotatable bonds is 7. The van der Waals surface area contributed by atoms with E-state index in [1.54, 1.807) is 26.0 Å². The quantitative estimate of drug-likeness (QED) is 0.648. The summed E-state index contributed by atoms with van der Waals surface area (Å²) in [5.41, 5.74) is 1.47. The topological polar surface area (TPSA) is 110 Å². The Labute approximate surface area is 189 Å². The number of ether oxygens (including phenoxy) is 3. The molecule has 0 unspecified atom stereocenters. The lowest BCUT2D eigenvalue weighted by Crippen LogP contribution is -2.32. The molecular weight excluding hydrogens is 434 g/mol. The monoisotopic (exact) mass is 465 g/mol. The highest BCUT2D eigenvalue weighted by Gasteiger charge is 2.32. The van der Waals surface area contributed by atoms with Crippen LogP contribution in [0.5, 0.6) is 17.2 Å². The van der Waals surface area contributed by atoms with Crippen LogP contribution in [0.25, 0.3) is 0 Å². The van der Waals surface area contributed by atoms with E-state index in [-0.39, 0.29) is 10.6 Å². The van der Waals surface area contributed by atoms with E-state index in [9.17, 15) is 13.2 Å². The van der Waals surface area contributed by atoms with Gasteiger partial charge >= 0.3 is 0 Å². The Morgan fingerprint density at radius 3 is 2.03 bits per heavy atom. The van der Waals surface area contributed by atoms with Gasteiger partial charge < -0.3 is 24.5 Å². The smallest absolute Gasteiger partial charge is 0.272 e. The van der Waals surface area contributed by atoms with Crippen LogP contribution in [0.1, 0.15) is 47.4 Å². The summed E-state index contributed by atoms with van der Waals surface area (Å²) in [5, 5.41) is 2.79. The van der Waals surface area contributed by atoms with E-state index in [1.165, 1.54) is 25.6 Å². The minimum absolute atomic E-state index is 0.175. The third kappa shape index (κ3) is 4.56. The van der Waals surface area contributed by atoms with Crippen LogP contribution in [0.3, 0.4) is 0 Å². The molecule has 0 atom stereocenters. The second-order valence-corrected chi connectivity index (χ2v) is 9.64. The molecule has 0 radical (unpaired) electrons. The number of hydrogen-bond acceptors (Lipinski definition) is 6. The molecule has 0 aliphatic carbocycles. The Balaban J connectivity index is 1.92. The molecule has 2 N–H and O–H groups in total. The van der Waals surface area contributed by atoms with Gasteiger partial charge in [-0.25, -0.2) is 8.42 Å². The van der Waals surface area contributed by atoms with E-state index in [2.05, 4.69) is 10.3 Å². The van der Waals surface area contributed by atoms with Crippen molar-refractivity contribution in [3.05, 3.63) is 29.1 Å². The number of amides is 1. The minimum atomic E-state index is -3.70. The van der Waals surface area contributed by atoms with Crippen molar-refractivity contribution in [1.29, 1.82) is 0 Å². The van der Waals surface area contributed by atoms with Crippen molar-refractivity contribution in [3.63, 3.8) is 0 Å². The lowest BCUT2D eigenvalue weighted by molar-refractivity contribution is 0.102. The van der Waals surface area contributed by atoms with Crippen molar-refractivity contribution >= 4 is 21.6 Å². The standard InChI is InChI=1S/C22H31N3O6S/c1-14-19(22(26)24-16-12-17(29-3)20(31-5)18(13-16)30-4)23-15(2)21(14)32(27,28)25-10-8-6-7-9-11-25/h12-13,23H,6-11H2,1-5H3,(H,24,26). The number of H-pyrrole nitrogens is 1. The Kier molecular flexibility index (Phi) is 7.35. The summed E-state index contributed by atoms with van der Waals surface area (Å²) in [5.74, 6) is 0.736. The van der Waals surface area contributed by atoms with Crippen molar-refractivity contribution in [2.45, 2.75) is 44.4 Å². The van der Waals surface area contributed by atoms with Crippen molar-refractivity contribution in [2.24, 2.45) is 0 Å². The zero-order valence-corrected chi connectivity index (χ0v) is 20.0. The second-order valence-electron chi connectivity index (χ2n) is 7.77. The predicted molar refractivity (Wildman–Crippen MR) is 122 cm³/mol. The third-order valence-electron chi connectivity index (χ3n) is 5.68. The maximum absolute atomic E-state index is 13.3. The summed E-state index contributed by atoms with van der Waals surface area (Å²) < 4.78 is 44.2. The van der Waals surface area contributed by atoms with Crippen LogP contribution < -0.4 is 19.5 Å². The lowest BCUT2D eigenvalue weighted by Gasteiger charge is -2.20. The molecule has 3 rings (SSSR count). The van der Waals surface area contributed by atoms with Crippen molar-refractivity contribution in [1.82, 2.24) is 9.29 Å². The van der Waals surface area contributed by atoms with Crippen LogP contribution in [0.4, 0.5) is 5.69 Å². The first-order chi connectivity index (χ1) is 15.2. The van der Waals surface area contributed by atoms with Gasteiger partial charge in [-0.2, -0.15) is 4.31 Å². The number of hydrogen-bond donors (Lipinski definition) is 2. The third-order valence-corrected chi connectivity index (χ3v) is 7.85. The Hall–Kier alpha value is -2.72. The molecule has 2 aromatic rings. The molecule has 1 aromatic heterocycles. The van der Waals surface area contributed by atoms with E-state index in [0.29, 0.717) is 47.3 Å². The fourth-order valence-electron chi connectivity index (χ4n) is 4.10. The van der Waals surface area contributed by atoms with Gasteiger partial charge in [-0.05, 0) is 32.3 Å². The average Bonchev–Trinajstić information content (AvgIpc) is 2.94. The summed E-state index contributed by atoms with van der Waals surface area (Å²) >= 11 is 0. The van der Waals surface area contributed by atoms with Crippen LogP contribution in [-0.2, 0) is 10.0 Å². The fraction of sp³-hybridized carbons (Fsp3) is 0.500. The highest BCUT2D eigenvalue weighted by atomic mass is 32.2. The number of carbonyl (C=O) groups excluding carboxylic acids is 1. The van der Waals surface area contributed by atoms with Crippen LogP contribution in [-0.4, -0.2) is 58.0 Å². The Bertz CT molecular complexity index is 1060. The number of nitrogens with one attached hydrogen (secondary N) is 2. The Morgan fingerprint density at radius 1 is 0.969 bits per heavy atom. The van der Waals surface area contributed by atoms with Gasteiger partial charge in [0.05, 0.1) is 21.3 Å². The molecule has 1 aromatic carbocycles. The summed E-state index contributed by atoms with van der Waals surface area (Å²) in [4.78, 5) is 16.2. The molecule has 9 nitrogen and oxygen atoms in total. The Morgan fingerprint density at radius 2 is 1.53 bits per heavy atom. The van der Waals surface area contributed by atoms with Crippen LogP contribution >= 0.6 is 0 Å². The van der Waals surface area contributed by atoms with E-state index in [4.69, 9.17) is 14.2 Å². The van der Waals surface area contributed by atoms with Gasteiger partial charge in [-0.1, -0.05) is 12.8 Å². The molecule has 0 saturated carbocycles. The van der Waals surface area contributed by atoms with Gasteiger partial charge in [-0.15, -0.1) is 0 Å². The van der Waals surface area contributed by atoms with E-state index >= 15 is 0 Å². The highest BCUT2D eigenvalue weighted by molar-refractivity contribution is 7.89. The van der Waals surface area contributed by atoms with E-state index in [1.807, 2.05) is 0 Å². The molecule has 0 bridgehead atoms. The number of carbonyl (C=O) groups is 1. The first kappa shape index (κ1) is 23.9. The maximum Gasteiger partial charge on any atom is 0.272 e. The summed E-state index contributed by atoms with van der Waals surface area (Å²) in [7, 11) is 0.774. The molecule has 1 aliphatic rings. The van der Waals surface area contributed by atoms with Crippen molar-refractivity contribution < 1.29 is 27.4 Å². The first-order valence-corrected chi connectivity index (χ1v) is 12.0. The molecule has 1 aliphatic heterocycles. The SMILES string of the molecule is COc1cc(NC(=O)c2[nH]c(C)c(S(=O)(=O)N3CCCCCC3)c2C)cc(OC)c1OC. The van der Waals surface area contributed by atoms with Crippen LogP contribution in [0, 0.1) is 13.8 Å². The molecule has 32 heavy (non-hydrogen) atoms. The van der Waals surface area contributed by atoms with Gasteiger partial charge in [0, 0.05) is 36.6 Å². The molecule has 2 heterocycles. The van der Waals surface area contributed by atoms with Crippen molar-refractivity contribution in [2.75, 3.05) is 39.7 Å². The number of aromatic nitrogens is 1. The molecule has 176 valence electrons. The number of anilines is 1. The number of sulfonamides is 1. The van der Waals surface area contributed by atoms with Gasteiger partial charge in [0.15, 0.2) is 11.5 Å². The first-order valence-electron chi connectivity index (χ1n) is 10.5.